The predicted molar refractivity (Wildman–Crippen MR) is 149 cm³/mol. The van der Waals surface area contributed by atoms with Crippen molar-refractivity contribution < 1.29 is 42.1 Å². The van der Waals surface area contributed by atoms with Crippen LogP contribution in [-0.4, -0.2) is 88.1 Å². The van der Waals surface area contributed by atoms with E-state index < -0.39 is 68.0 Å². The van der Waals surface area contributed by atoms with Crippen molar-refractivity contribution in [3.05, 3.63) is 35.0 Å². The lowest BCUT2D eigenvalue weighted by Crippen LogP contribution is -2.35. The normalized spacial score (nSPS) is 37.5. The summed E-state index contributed by atoms with van der Waals surface area (Å²) < 4.78 is 44.2. The maximum atomic E-state index is 14.1. The molecule has 3 aromatic heterocycles. The molecule has 42 heavy (non-hydrogen) atoms. The second-order valence-corrected chi connectivity index (χ2v) is 15.4. The number of H-pyrrole nitrogens is 1. The van der Waals surface area contributed by atoms with Crippen LogP contribution in [0.1, 0.15) is 19.1 Å². The van der Waals surface area contributed by atoms with Crippen molar-refractivity contribution in [1.82, 2.24) is 29.5 Å². The van der Waals surface area contributed by atoms with Gasteiger partial charge in [-0.1, -0.05) is 0 Å². The summed E-state index contributed by atoms with van der Waals surface area (Å²) in [6.45, 7) is -8.61. The number of hydrogen-bond acceptors (Lipinski definition) is 15. The predicted octanol–water partition coefficient (Wildman–Crippen LogP) is 0.0307. The number of hydrogen-bond donors (Lipinski definition) is 6. The second kappa shape index (κ2) is 11.5. The van der Waals surface area contributed by atoms with E-state index in [2.05, 4.69) is 30.2 Å². The number of aromatic nitrogens is 6. The second-order valence-electron chi connectivity index (χ2n) is 9.87. The molecule has 0 radical (unpaired) electrons. The van der Waals surface area contributed by atoms with Gasteiger partial charge in [-0.15, -0.1) is 0 Å². The number of nitrogen functional groups attached to an aromatic ring is 1. The largest absolute Gasteiger partial charge is 0.387 e. The van der Waals surface area contributed by atoms with Crippen LogP contribution in [-0.2, 0) is 46.4 Å². The molecule has 2 bridgehead atoms. The fourth-order valence-electron chi connectivity index (χ4n) is 5.19. The number of nitrogens with zero attached hydrogens (tertiary/aromatic N) is 5. The van der Waals surface area contributed by atoms with Gasteiger partial charge in [-0.05, 0) is 36.5 Å². The number of aliphatic hydroxyl groups is 1. The van der Waals surface area contributed by atoms with Gasteiger partial charge >= 0.3 is 13.4 Å². The van der Waals surface area contributed by atoms with Crippen LogP contribution >= 0.6 is 13.4 Å². The summed E-state index contributed by atoms with van der Waals surface area (Å²) >= 11 is 10.5. The van der Waals surface area contributed by atoms with E-state index in [1.54, 1.807) is 0 Å². The number of nitrogens with two attached hydrogens (primary N) is 1. The lowest BCUT2D eigenvalue weighted by atomic mass is 10.1. The summed E-state index contributed by atoms with van der Waals surface area (Å²) in [7, 11) is 0. The molecule has 2 saturated heterocycles. The quantitative estimate of drug-likeness (QED) is 0.202. The zero-order chi connectivity index (χ0) is 29.8. The first kappa shape index (κ1) is 30.0. The van der Waals surface area contributed by atoms with Gasteiger partial charge < -0.3 is 44.3 Å². The van der Waals surface area contributed by atoms with E-state index >= 15 is 0 Å². The zero-order valence-electron chi connectivity index (χ0n) is 21.3. The Labute approximate surface area is 246 Å². The van der Waals surface area contributed by atoms with Gasteiger partial charge in [0, 0.05) is 12.0 Å². The molecule has 17 nitrogen and oxygen atoms in total. The topological polar surface area (TPSA) is 234 Å². The van der Waals surface area contributed by atoms with Gasteiger partial charge in [0.1, 0.15) is 24.6 Å². The van der Waals surface area contributed by atoms with E-state index in [1.807, 2.05) is 0 Å². The van der Waals surface area contributed by atoms with Crippen molar-refractivity contribution in [1.29, 1.82) is 0 Å². The molecule has 3 aliphatic rings. The minimum atomic E-state index is -4.06. The van der Waals surface area contributed by atoms with Gasteiger partial charge in [0.25, 0.3) is 5.56 Å². The molecule has 6 rings (SSSR count). The third-order valence-corrected chi connectivity index (χ3v) is 10.2. The molecule has 3 aromatic rings. The third kappa shape index (κ3) is 6.12. The summed E-state index contributed by atoms with van der Waals surface area (Å²) in [4.78, 5) is 52.2. The van der Waals surface area contributed by atoms with Crippen molar-refractivity contribution in [3.8, 4) is 0 Å². The number of aliphatic hydroxyl groups excluding tert-OH is 1. The highest BCUT2D eigenvalue weighted by molar-refractivity contribution is 8.07. The van der Waals surface area contributed by atoms with Gasteiger partial charge in [0.2, 0.25) is 5.95 Å². The van der Waals surface area contributed by atoms with Crippen molar-refractivity contribution in [3.63, 3.8) is 0 Å². The maximum absolute atomic E-state index is 14.1. The summed E-state index contributed by atoms with van der Waals surface area (Å²) in [6, 6.07) is -0.378. The lowest BCUT2D eigenvalue weighted by molar-refractivity contribution is -0.0511. The van der Waals surface area contributed by atoms with E-state index in [-0.39, 0.29) is 42.0 Å². The van der Waals surface area contributed by atoms with Crippen LogP contribution in [0.2, 0.25) is 0 Å². The minimum absolute atomic E-state index is 0.0139. The number of fused-ring (bicyclic) bond motifs is 4. The van der Waals surface area contributed by atoms with Crippen LogP contribution in [0.25, 0.3) is 11.2 Å². The molecule has 2 aliphatic heterocycles. The number of rotatable bonds is 3. The molecule has 228 valence electrons. The molecule has 5 heterocycles. The summed E-state index contributed by atoms with van der Waals surface area (Å²) in [5.41, 5.74) is 5.05. The van der Waals surface area contributed by atoms with E-state index in [1.165, 1.54) is 17.2 Å². The molecule has 0 spiro atoms. The van der Waals surface area contributed by atoms with Crippen LogP contribution in [0.15, 0.2) is 23.6 Å². The van der Waals surface area contributed by atoms with Crippen LogP contribution in [0.4, 0.5) is 16.2 Å². The number of nitrogens with one attached hydrogen (secondary N) is 2. The number of anilines is 2. The maximum Gasteiger partial charge on any atom is 0.325 e. The van der Waals surface area contributed by atoms with Crippen LogP contribution < -0.4 is 16.6 Å². The molecular weight excluding hydrogens is 641 g/mol. The van der Waals surface area contributed by atoms with Crippen molar-refractivity contribution in [2.45, 2.75) is 49.5 Å². The van der Waals surface area contributed by atoms with Crippen LogP contribution in [0, 0.1) is 11.7 Å². The monoisotopic (exact) mass is 666 g/mol. The van der Waals surface area contributed by atoms with Crippen molar-refractivity contribution >= 4 is 60.0 Å². The zero-order valence-corrected chi connectivity index (χ0v) is 24.7. The average molecular weight is 667 g/mol. The van der Waals surface area contributed by atoms with Gasteiger partial charge in [0.05, 0.1) is 31.8 Å². The van der Waals surface area contributed by atoms with Crippen molar-refractivity contribution in [2.24, 2.45) is 5.92 Å². The smallest absolute Gasteiger partial charge is 0.325 e. The molecule has 7 N–H and O–H groups in total. The fraction of sp³-hybridized carbons (Fsp3) is 0.550. The third-order valence-electron chi connectivity index (χ3n) is 7.05. The standard InChI is InChI=1S/C20H25FN8O9P2S2/c21-10-3-23-6-24-16(10)26-9-1-8-4-34-40(33,42)38-15-14(30)12(5-35-39(32,41)37-11(8)2-9)36-19(15)29-7-25-13-17(29)27-20(22)28-18(13)31/h3,6-9,11-12,14-15,19,30H,1-2,4-5H2,(H,32,41)(H,33,42)(H,23,24,26)(H3,22,27,28,31)/t8-,9-,11+,12-,14-,15-,19-,39?,40?/m1/s1. The highest BCUT2D eigenvalue weighted by Crippen LogP contribution is 2.54. The van der Waals surface area contributed by atoms with Crippen LogP contribution in [0.3, 0.4) is 0 Å². The summed E-state index contributed by atoms with van der Waals surface area (Å²) in [6.07, 6.45) is -1.94. The highest BCUT2D eigenvalue weighted by Gasteiger charge is 2.50. The van der Waals surface area contributed by atoms with Gasteiger partial charge in [-0.25, -0.2) is 19.3 Å². The number of imidazole rings is 1. The molecular formula is C20H25FN8O9P2S2. The molecule has 9 atom stereocenters. The Kier molecular flexibility index (Phi) is 8.18. The minimum Gasteiger partial charge on any atom is -0.387 e. The Bertz CT molecular complexity index is 1650. The molecule has 3 fully saturated rings. The Morgan fingerprint density at radius 3 is 2.69 bits per heavy atom. The molecule has 22 heteroatoms. The number of ether oxygens (including phenoxy) is 1. The summed E-state index contributed by atoms with van der Waals surface area (Å²) in [5, 5.41) is 14.1. The Morgan fingerprint density at radius 1 is 1.14 bits per heavy atom. The first-order valence-corrected chi connectivity index (χ1v) is 17.7. The van der Waals surface area contributed by atoms with Gasteiger partial charge in [-0.2, -0.15) is 4.98 Å². The fourth-order valence-corrected chi connectivity index (χ4v) is 8.16. The SMILES string of the molecule is Nc1nc2c(ncn2[C@@H]2O[C@@H]3COP(O)(=S)O[C@H]4C[C@H](Nc5ncncc5F)C[C@@H]4COP(O)(=S)O[C@@H]2[C@@H]3O)c(=O)[nH]1. The number of halogens is 1. The van der Waals surface area contributed by atoms with Crippen LogP contribution in [0.5, 0.6) is 0 Å². The molecule has 0 amide bonds. The summed E-state index contributed by atoms with van der Waals surface area (Å²) in [5.74, 6) is -1.35. The highest BCUT2D eigenvalue weighted by atomic mass is 32.5. The Hall–Kier alpha value is -2.06. The lowest BCUT2D eigenvalue weighted by Gasteiger charge is -2.28. The van der Waals surface area contributed by atoms with E-state index in [9.17, 15) is 24.1 Å². The molecule has 1 saturated carbocycles. The van der Waals surface area contributed by atoms with Crippen molar-refractivity contribution in [2.75, 3.05) is 24.3 Å². The Morgan fingerprint density at radius 2 is 1.90 bits per heavy atom. The molecule has 1 aliphatic carbocycles. The first-order valence-electron chi connectivity index (χ1n) is 12.5. The van der Waals surface area contributed by atoms with Gasteiger partial charge in [0.15, 0.2) is 29.0 Å². The average Bonchev–Trinajstić information content (AvgIpc) is 3.58. The number of aromatic amines is 1. The molecule has 0 aromatic carbocycles. The first-order chi connectivity index (χ1) is 19.9. The van der Waals surface area contributed by atoms with E-state index in [0.29, 0.717) is 6.42 Å². The van der Waals surface area contributed by atoms with E-state index in [0.717, 1.165) is 6.20 Å². The van der Waals surface area contributed by atoms with E-state index in [4.69, 9.17) is 52.2 Å². The Balaban J connectivity index is 1.27. The van der Waals surface area contributed by atoms with Gasteiger partial charge in [-0.3, -0.25) is 18.9 Å². The molecule has 2 unspecified atom stereocenters.